The Morgan fingerprint density at radius 3 is 2.50 bits per heavy atom. The average Bonchev–Trinajstić information content (AvgIpc) is 3.34. The predicted molar refractivity (Wildman–Crippen MR) is 146 cm³/mol. The molecule has 0 radical (unpaired) electrons. The molecule has 2 aliphatic rings. The normalized spacial score (nSPS) is 20.9. The molecule has 1 aromatic carbocycles. The first-order valence-corrected chi connectivity index (χ1v) is 13.0. The molecule has 0 bridgehead atoms. The fourth-order valence-electron chi connectivity index (χ4n) is 5.48. The number of ether oxygens (including phenoxy) is 1. The van der Waals surface area contributed by atoms with E-state index in [1.54, 1.807) is 7.11 Å². The molecule has 36 heavy (non-hydrogen) atoms. The third-order valence-electron chi connectivity index (χ3n) is 7.86. The number of fused-ring (bicyclic) bond motifs is 1. The summed E-state index contributed by atoms with van der Waals surface area (Å²) >= 11 is 0. The number of methoxy groups -OCH3 is 1. The summed E-state index contributed by atoms with van der Waals surface area (Å²) in [7, 11) is 3.90. The van der Waals surface area contributed by atoms with Crippen LogP contribution in [0.15, 0.2) is 55.4 Å². The van der Waals surface area contributed by atoms with E-state index in [0.29, 0.717) is 12.0 Å². The van der Waals surface area contributed by atoms with Gasteiger partial charge >= 0.3 is 0 Å². The van der Waals surface area contributed by atoms with Gasteiger partial charge in [0.2, 0.25) is 0 Å². The van der Waals surface area contributed by atoms with E-state index in [4.69, 9.17) is 9.84 Å². The van der Waals surface area contributed by atoms with Crippen LogP contribution in [0, 0.1) is 12.8 Å². The van der Waals surface area contributed by atoms with Crippen molar-refractivity contribution in [1.29, 1.82) is 0 Å². The van der Waals surface area contributed by atoms with E-state index in [1.807, 2.05) is 35.8 Å². The Bertz CT molecular complexity index is 1250. The third kappa shape index (κ3) is 4.98. The number of hydrogen-bond donors (Lipinski definition) is 1. The van der Waals surface area contributed by atoms with Crippen LogP contribution in [0.2, 0.25) is 0 Å². The maximum atomic E-state index is 5.53. The van der Waals surface area contributed by atoms with Crippen molar-refractivity contribution >= 4 is 11.3 Å². The molecule has 0 spiro atoms. The summed E-state index contributed by atoms with van der Waals surface area (Å²) in [5.74, 6) is 1.45. The summed E-state index contributed by atoms with van der Waals surface area (Å²) in [6, 6.07) is 10.6. The van der Waals surface area contributed by atoms with Gasteiger partial charge in [-0.3, -0.25) is 0 Å². The molecule has 7 nitrogen and oxygen atoms in total. The summed E-state index contributed by atoms with van der Waals surface area (Å²) in [6.45, 7) is 15.3. The molecule has 1 N–H and O–H groups in total. The SMILES string of the molecule is C=C(NC1CCC(C(=C)N2CCN(C)CC2)CC1)c1cc2nccc(-c3ccc(C)c(OC)c3)n2n1. The zero-order chi connectivity index (χ0) is 25.2. The monoisotopic (exact) mass is 486 g/mol. The van der Waals surface area contributed by atoms with Gasteiger partial charge in [0.15, 0.2) is 5.65 Å². The van der Waals surface area contributed by atoms with Gasteiger partial charge in [-0.05, 0) is 63.3 Å². The fourth-order valence-corrected chi connectivity index (χ4v) is 5.48. The minimum atomic E-state index is 0.410. The highest BCUT2D eigenvalue weighted by Gasteiger charge is 2.27. The molecular formula is C29H38N6O. The van der Waals surface area contributed by atoms with Gasteiger partial charge in [0.25, 0.3) is 0 Å². The fraction of sp³-hybridized carbons (Fsp3) is 0.448. The number of rotatable bonds is 7. The Morgan fingerprint density at radius 1 is 1.03 bits per heavy atom. The van der Waals surface area contributed by atoms with E-state index in [9.17, 15) is 0 Å². The highest BCUT2D eigenvalue weighted by atomic mass is 16.5. The Hall–Kier alpha value is -3.32. The van der Waals surface area contributed by atoms with E-state index in [-0.39, 0.29) is 0 Å². The molecule has 0 atom stereocenters. The van der Waals surface area contributed by atoms with Crippen LogP contribution in [-0.4, -0.2) is 70.8 Å². The molecule has 2 aromatic heterocycles. The van der Waals surface area contributed by atoms with Crippen molar-refractivity contribution in [2.75, 3.05) is 40.3 Å². The van der Waals surface area contributed by atoms with Crippen LogP contribution in [0.1, 0.15) is 36.9 Å². The second-order valence-corrected chi connectivity index (χ2v) is 10.3. The molecule has 5 rings (SSSR count). The lowest BCUT2D eigenvalue weighted by atomic mass is 9.83. The van der Waals surface area contributed by atoms with Gasteiger partial charge < -0.3 is 19.9 Å². The highest BCUT2D eigenvalue weighted by molar-refractivity contribution is 5.68. The minimum absolute atomic E-state index is 0.410. The maximum Gasteiger partial charge on any atom is 0.156 e. The number of nitrogens with zero attached hydrogens (tertiary/aromatic N) is 5. The average molecular weight is 487 g/mol. The lowest BCUT2D eigenvalue weighted by Gasteiger charge is -2.40. The van der Waals surface area contributed by atoms with Crippen LogP contribution >= 0.6 is 0 Å². The molecule has 1 aliphatic carbocycles. The molecule has 1 saturated carbocycles. The number of allylic oxidation sites excluding steroid dienone is 1. The second kappa shape index (κ2) is 10.3. The molecule has 7 heteroatoms. The summed E-state index contributed by atoms with van der Waals surface area (Å²) in [6.07, 6.45) is 6.41. The Labute approximate surface area is 214 Å². The summed E-state index contributed by atoms with van der Waals surface area (Å²) in [5, 5.41) is 8.53. The van der Waals surface area contributed by atoms with Gasteiger partial charge in [0.05, 0.1) is 18.5 Å². The molecule has 3 heterocycles. The standard InChI is InChI=1S/C29H38N6O/c1-20-6-7-24(18-28(20)36-5)27-12-13-30-29-19-26(32-35(27)29)21(2)31-25-10-8-23(9-11-25)22(3)34-16-14-33(4)15-17-34/h6-7,12-13,18-19,23,25,31H,2-3,8-11,14-17H2,1,4-5H3. The highest BCUT2D eigenvalue weighted by Crippen LogP contribution is 2.32. The first-order valence-electron chi connectivity index (χ1n) is 13.0. The summed E-state index contributed by atoms with van der Waals surface area (Å²) < 4.78 is 7.42. The lowest BCUT2D eigenvalue weighted by molar-refractivity contribution is 0.163. The van der Waals surface area contributed by atoms with Crippen molar-refractivity contribution in [2.24, 2.45) is 5.92 Å². The largest absolute Gasteiger partial charge is 0.496 e. The van der Waals surface area contributed by atoms with E-state index < -0.39 is 0 Å². The molecule has 0 unspecified atom stereocenters. The molecule has 0 amide bonds. The number of aryl methyl sites for hydroxylation is 1. The predicted octanol–water partition coefficient (Wildman–Crippen LogP) is 4.59. The van der Waals surface area contributed by atoms with Gasteiger partial charge in [-0.2, -0.15) is 5.10 Å². The summed E-state index contributed by atoms with van der Waals surface area (Å²) in [5.41, 5.74) is 6.95. The number of piperazine rings is 1. The molecule has 190 valence electrons. The zero-order valence-corrected chi connectivity index (χ0v) is 21.8. The van der Waals surface area contributed by atoms with E-state index in [0.717, 1.165) is 78.6 Å². The van der Waals surface area contributed by atoms with Crippen LogP contribution < -0.4 is 10.1 Å². The zero-order valence-electron chi connectivity index (χ0n) is 21.8. The molecule has 3 aromatic rings. The van der Waals surface area contributed by atoms with Gasteiger partial charge in [-0.15, -0.1) is 0 Å². The number of likely N-dealkylation sites (N-methyl/N-ethyl adjacent to an activating group) is 1. The van der Waals surface area contributed by atoms with Crippen LogP contribution in [-0.2, 0) is 0 Å². The Balaban J connectivity index is 1.23. The number of hydrogen-bond acceptors (Lipinski definition) is 6. The summed E-state index contributed by atoms with van der Waals surface area (Å²) in [4.78, 5) is 9.44. The smallest absolute Gasteiger partial charge is 0.156 e. The van der Waals surface area contributed by atoms with Crippen molar-refractivity contribution in [3.05, 3.63) is 66.6 Å². The van der Waals surface area contributed by atoms with E-state index in [1.165, 1.54) is 18.5 Å². The molecule has 1 aliphatic heterocycles. The Morgan fingerprint density at radius 2 is 1.78 bits per heavy atom. The van der Waals surface area contributed by atoms with Crippen molar-refractivity contribution in [2.45, 2.75) is 38.6 Å². The van der Waals surface area contributed by atoms with Crippen LogP contribution in [0.25, 0.3) is 22.6 Å². The Kier molecular flexibility index (Phi) is 7.01. The van der Waals surface area contributed by atoms with Crippen molar-refractivity contribution < 1.29 is 4.74 Å². The number of benzene rings is 1. The van der Waals surface area contributed by atoms with Gasteiger partial charge in [-0.25, -0.2) is 9.50 Å². The van der Waals surface area contributed by atoms with Gasteiger partial charge in [-0.1, -0.05) is 25.3 Å². The van der Waals surface area contributed by atoms with E-state index >= 15 is 0 Å². The van der Waals surface area contributed by atoms with Gasteiger partial charge in [0, 0.05) is 55.7 Å². The van der Waals surface area contributed by atoms with E-state index in [2.05, 4.69) is 52.4 Å². The number of nitrogens with one attached hydrogen (secondary N) is 1. The van der Waals surface area contributed by atoms with Crippen molar-refractivity contribution in [1.82, 2.24) is 29.7 Å². The van der Waals surface area contributed by atoms with Crippen LogP contribution in [0.3, 0.4) is 0 Å². The van der Waals surface area contributed by atoms with Crippen LogP contribution in [0.5, 0.6) is 5.75 Å². The second-order valence-electron chi connectivity index (χ2n) is 10.3. The molecule has 2 fully saturated rings. The minimum Gasteiger partial charge on any atom is -0.496 e. The topological polar surface area (TPSA) is 57.9 Å². The number of aromatic nitrogens is 3. The van der Waals surface area contributed by atoms with Crippen molar-refractivity contribution in [3.63, 3.8) is 0 Å². The molecular weight excluding hydrogens is 448 g/mol. The maximum absolute atomic E-state index is 5.53. The molecule has 1 saturated heterocycles. The van der Waals surface area contributed by atoms with Crippen LogP contribution in [0.4, 0.5) is 0 Å². The lowest BCUT2D eigenvalue weighted by Crippen LogP contribution is -2.45. The van der Waals surface area contributed by atoms with Gasteiger partial charge in [0.1, 0.15) is 11.4 Å². The third-order valence-corrected chi connectivity index (χ3v) is 7.86. The first kappa shape index (κ1) is 24.4. The first-order chi connectivity index (χ1) is 17.4. The van der Waals surface area contributed by atoms with Crippen molar-refractivity contribution in [3.8, 4) is 17.0 Å². The quantitative estimate of drug-likeness (QED) is 0.527.